The number of aliphatic carboxylic acids is 1. The molecule has 0 bridgehead atoms. The Balaban J connectivity index is 0.000000336. The average Bonchev–Trinajstić information content (AvgIpc) is 1.34. The van der Waals surface area contributed by atoms with Crippen LogP contribution in [0.15, 0.2) is 146 Å². The highest BCUT2D eigenvalue weighted by atomic mass is 127. The Morgan fingerprint density at radius 1 is 0.447 bits per heavy atom. The monoisotopic (exact) mass is 1400 g/mol. The highest BCUT2D eigenvalue weighted by Crippen LogP contribution is 2.46. The van der Waals surface area contributed by atoms with Crippen molar-refractivity contribution in [3.63, 3.8) is 0 Å². The maximum Gasteiger partial charge on any atom is 0.373 e. The number of carbonyl (C=O) groups excluding carboxylic acids is 4. The molecule has 3 aliphatic rings. The number of hydrogen-bond donors (Lipinski definition) is 4. The highest BCUT2D eigenvalue weighted by molar-refractivity contribution is 14.1. The summed E-state index contributed by atoms with van der Waals surface area (Å²) < 4.78 is 1.29. The van der Waals surface area contributed by atoms with Crippen molar-refractivity contribution in [2.45, 2.75) is 198 Å². The second-order valence-electron chi connectivity index (χ2n) is 28.9. The zero-order valence-corrected chi connectivity index (χ0v) is 61.0. The van der Waals surface area contributed by atoms with E-state index in [0.29, 0.717) is 59.2 Å². The summed E-state index contributed by atoms with van der Waals surface area (Å²) in [5.41, 5.74) is 19.3. The van der Waals surface area contributed by atoms with Crippen molar-refractivity contribution in [1.82, 2.24) is 0 Å². The van der Waals surface area contributed by atoms with Gasteiger partial charge in [-0.2, -0.15) is 19.2 Å². The van der Waals surface area contributed by atoms with Crippen molar-refractivity contribution < 1.29 is 29.1 Å². The smallest absolute Gasteiger partial charge is 0.373 e. The summed E-state index contributed by atoms with van der Waals surface area (Å²) in [6.45, 7) is 38.4. The van der Waals surface area contributed by atoms with Gasteiger partial charge in [-0.3, -0.25) is 4.79 Å². The van der Waals surface area contributed by atoms with E-state index in [1.807, 2.05) is 48.5 Å². The predicted octanol–water partition coefficient (Wildman–Crippen LogP) is 20.8. The lowest BCUT2D eigenvalue weighted by molar-refractivity contribution is -0.193. The van der Waals surface area contributed by atoms with Gasteiger partial charge in [0.1, 0.15) is 0 Å². The molecule has 0 radical (unpaired) electrons. The minimum atomic E-state index is -0.757. The van der Waals surface area contributed by atoms with Gasteiger partial charge in [0.15, 0.2) is 0 Å². The molecule has 514 valence electrons. The first-order valence-corrected chi connectivity index (χ1v) is 35.3. The lowest BCUT2D eigenvalue weighted by Crippen LogP contribution is -2.34. The van der Waals surface area contributed by atoms with Crippen molar-refractivity contribution in [1.29, 1.82) is 0 Å². The largest absolute Gasteiger partial charge is 0.481 e. The molecule has 3 fully saturated rings. The van der Waals surface area contributed by atoms with Crippen molar-refractivity contribution in [3.8, 4) is 0 Å². The van der Waals surface area contributed by atoms with E-state index in [2.05, 4.69) is 242 Å². The number of nitrogens with zero attached hydrogens (tertiary/aromatic N) is 3. The van der Waals surface area contributed by atoms with Crippen molar-refractivity contribution >= 4 is 86.4 Å². The molecule has 6 aromatic carbocycles. The Labute approximate surface area is 581 Å². The van der Waals surface area contributed by atoms with Gasteiger partial charge in [-0.25, -0.2) is 0 Å². The van der Waals surface area contributed by atoms with Crippen LogP contribution in [0.1, 0.15) is 198 Å². The van der Waals surface area contributed by atoms with E-state index in [-0.39, 0.29) is 19.7 Å². The van der Waals surface area contributed by atoms with Crippen LogP contribution in [0.25, 0.3) is 0 Å². The van der Waals surface area contributed by atoms with E-state index < -0.39 is 11.4 Å². The van der Waals surface area contributed by atoms with Gasteiger partial charge in [0.25, 0.3) is 0 Å². The highest BCUT2D eigenvalue weighted by Gasteiger charge is 2.43. The fourth-order valence-corrected chi connectivity index (χ4v) is 13.8. The molecule has 0 saturated heterocycles. The van der Waals surface area contributed by atoms with Crippen LogP contribution in [-0.2, 0) is 40.2 Å². The van der Waals surface area contributed by atoms with Gasteiger partial charge >= 0.3 is 18.3 Å². The van der Waals surface area contributed by atoms with Crippen LogP contribution in [0, 0.1) is 39.1 Å². The number of carboxylic acids is 1. The first-order valence-electron chi connectivity index (χ1n) is 34.2. The Hall–Kier alpha value is -6.92. The van der Waals surface area contributed by atoms with Crippen molar-refractivity contribution in [2.24, 2.45) is 35.5 Å². The third-order valence-electron chi connectivity index (χ3n) is 17.6. The van der Waals surface area contributed by atoms with E-state index >= 15 is 0 Å². The molecule has 0 unspecified atom stereocenters. The summed E-state index contributed by atoms with van der Waals surface area (Å²) in [6.07, 6.45) is 14.5. The SMILES string of the molecule is C.CC(C)CN(CC(C)C)c1ccc(C2(C(=O)O)CCCC2)cc1Nc1ccccc1.CC(C)CN(CC(C)C)c1ccc(C2(C)CCCC2)cc1N.CC(C)CN(CC(C)C)c1ccc(C2(C)CCCC2)cc1Nc1ccccc1.Ic1ccccc1.O=C=O.O=C=O. The summed E-state index contributed by atoms with van der Waals surface area (Å²) in [6, 6.07) is 51.2. The Morgan fingerprint density at radius 3 is 1.02 bits per heavy atom. The fourth-order valence-electron chi connectivity index (χ4n) is 13.4. The number of nitrogen functional groups attached to an aromatic ring is 1. The quantitative estimate of drug-likeness (QED) is 0.0355. The van der Waals surface area contributed by atoms with E-state index in [9.17, 15) is 9.90 Å². The molecule has 0 atom stereocenters. The van der Waals surface area contributed by atoms with Gasteiger partial charge in [0.05, 0.1) is 39.5 Å². The third kappa shape index (κ3) is 26.4. The number of carboxylic acid groups (broad SMARTS) is 1. The number of rotatable bonds is 23. The normalized spacial score (nSPS) is 14.6. The van der Waals surface area contributed by atoms with Gasteiger partial charge < -0.3 is 36.2 Å². The summed E-state index contributed by atoms with van der Waals surface area (Å²) in [5, 5.41) is 17.4. The molecular formula is C81H117IN6O6. The molecule has 0 aliphatic heterocycles. The first kappa shape index (κ1) is 81.3. The van der Waals surface area contributed by atoms with Crippen LogP contribution in [0.2, 0.25) is 0 Å². The molecule has 0 heterocycles. The van der Waals surface area contributed by atoms with E-state index in [4.69, 9.17) is 24.9 Å². The number of benzene rings is 6. The Bertz CT molecular complexity index is 3130. The average molecular weight is 1400 g/mol. The minimum absolute atomic E-state index is 0. The molecule has 5 N–H and O–H groups in total. The standard InChI is InChI=1S/C26H36N2O2.C26H38N2.C20H34N2.C6H5I.2CO2.CH4/c1-19(2)17-28(18-20(3)4)24-13-12-21(26(25(29)30)14-8-9-15-26)16-23(24)27-22-10-6-5-7-11-22;1-20(2)18-28(19-21(3)4)25-14-13-22(26(5)15-9-10-16-26)17-24(25)27-23-11-7-6-8-12-23;1-15(2)13-22(14-16(3)4)19-9-8-17(12-18(19)21)20(5)10-6-7-11-20;7-6-4-2-1-3-5-6;2*2-1-3;/h5-7,10-13,16,19-20,27H,8-9,14-15,17-18H2,1-4H3,(H,29,30);6-8,11-14,17,20-21,27H,9-10,15-16,18-19H2,1-5H3;8-9,12,15-16H,6-7,10-11,13-14,21H2,1-5H3;1-5H;;;1H4. The molecule has 0 amide bonds. The van der Waals surface area contributed by atoms with Crippen LogP contribution < -0.4 is 31.1 Å². The lowest BCUT2D eigenvalue weighted by atomic mass is 9.78. The number of para-hydroxylation sites is 2. The molecule has 3 saturated carbocycles. The summed E-state index contributed by atoms with van der Waals surface area (Å²) >= 11 is 2.28. The van der Waals surface area contributed by atoms with Gasteiger partial charge in [0, 0.05) is 54.2 Å². The van der Waals surface area contributed by atoms with Crippen LogP contribution in [0.5, 0.6) is 0 Å². The first-order chi connectivity index (χ1) is 44.2. The third-order valence-corrected chi connectivity index (χ3v) is 18.3. The van der Waals surface area contributed by atoms with Crippen LogP contribution in [0.3, 0.4) is 0 Å². The van der Waals surface area contributed by atoms with E-state index in [0.717, 1.165) is 86.1 Å². The number of carbonyl (C=O) groups is 1. The maximum atomic E-state index is 12.3. The topological polar surface area (TPSA) is 165 Å². The zero-order valence-electron chi connectivity index (χ0n) is 58.8. The van der Waals surface area contributed by atoms with Gasteiger partial charge in [-0.15, -0.1) is 0 Å². The molecule has 3 aliphatic carbocycles. The van der Waals surface area contributed by atoms with Crippen molar-refractivity contribution in [2.75, 3.05) is 70.3 Å². The molecular weight excluding hydrogens is 1280 g/mol. The summed E-state index contributed by atoms with van der Waals surface area (Å²) in [7, 11) is 0. The Kier molecular flexibility index (Phi) is 35.6. The van der Waals surface area contributed by atoms with Gasteiger partial charge in [-0.1, -0.05) is 216 Å². The second kappa shape index (κ2) is 41.1. The molecule has 6 aromatic rings. The molecule has 0 aromatic heterocycles. The summed E-state index contributed by atoms with van der Waals surface area (Å²) in [5.74, 6) is 2.93. The number of anilines is 8. The van der Waals surface area contributed by atoms with E-state index in [1.54, 1.807) is 0 Å². The second-order valence-corrected chi connectivity index (χ2v) is 30.1. The number of nitrogens with one attached hydrogen (secondary N) is 2. The number of nitrogens with two attached hydrogens (primary N) is 1. The molecule has 94 heavy (non-hydrogen) atoms. The number of halogens is 1. The van der Waals surface area contributed by atoms with Crippen LogP contribution >= 0.6 is 22.6 Å². The Morgan fingerprint density at radius 2 is 0.723 bits per heavy atom. The van der Waals surface area contributed by atoms with Crippen LogP contribution in [0.4, 0.5) is 45.5 Å². The lowest BCUT2D eigenvalue weighted by Gasteiger charge is -2.32. The number of hydrogen-bond acceptors (Lipinski definition) is 11. The molecule has 0 spiro atoms. The van der Waals surface area contributed by atoms with E-state index in [1.165, 1.54) is 83.1 Å². The van der Waals surface area contributed by atoms with Crippen LogP contribution in [-0.4, -0.2) is 62.6 Å². The molecule has 12 nitrogen and oxygen atoms in total. The predicted molar refractivity (Wildman–Crippen MR) is 404 cm³/mol. The minimum Gasteiger partial charge on any atom is -0.481 e. The fraction of sp³-hybridized carbons (Fsp3) is 0.519. The zero-order chi connectivity index (χ0) is 68.7. The van der Waals surface area contributed by atoms with Gasteiger partial charge in [0.2, 0.25) is 0 Å². The molecule has 13 heteroatoms. The van der Waals surface area contributed by atoms with Crippen molar-refractivity contribution in [3.05, 3.63) is 166 Å². The maximum absolute atomic E-state index is 12.3. The summed E-state index contributed by atoms with van der Waals surface area (Å²) in [4.78, 5) is 52.2. The molecule has 9 rings (SSSR count). The van der Waals surface area contributed by atoms with Gasteiger partial charge in [-0.05, 0) is 197 Å².